The van der Waals surface area contributed by atoms with Gasteiger partial charge in [-0.25, -0.2) is 4.79 Å². The third kappa shape index (κ3) is 4.59. The van der Waals surface area contributed by atoms with Gasteiger partial charge < -0.3 is 20.1 Å². The summed E-state index contributed by atoms with van der Waals surface area (Å²) in [6.07, 6.45) is 0. The average Bonchev–Trinajstić information content (AvgIpc) is 3.23. The zero-order chi connectivity index (χ0) is 21.8. The van der Waals surface area contributed by atoms with E-state index in [1.807, 2.05) is 31.2 Å². The predicted octanol–water partition coefficient (Wildman–Crippen LogP) is 3.85. The van der Waals surface area contributed by atoms with Gasteiger partial charge in [-0.3, -0.25) is 9.59 Å². The fourth-order valence-corrected chi connectivity index (χ4v) is 4.29. The molecule has 2 aromatic carbocycles. The van der Waals surface area contributed by atoms with E-state index in [2.05, 4.69) is 10.6 Å². The lowest BCUT2D eigenvalue weighted by molar-refractivity contribution is -0.119. The quantitative estimate of drug-likeness (QED) is 0.573. The third-order valence-electron chi connectivity index (χ3n) is 4.61. The molecular formula is C23H20N2O5S. The number of hydrogen-bond donors (Lipinski definition) is 2. The lowest BCUT2D eigenvalue weighted by atomic mass is 10.1. The van der Waals surface area contributed by atoms with E-state index in [1.54, 1.807) is 30.3 Å². The van der Waals surface area contributed by atoms with E-state index >= 15 is 0 Å². The molecule has 4 rings (SSSR count). The maximum atomic E-state index is 12.5. The first kappa shape index (κ1) is 20.6. The summed E-state index contributed by atoms with van der Waals surface area (Å²) in [6, 6.07) is 15.9. The second-order valence-electron chi connectivity index (χ2n) is 6.81. The van der Waals surface area contributed by atoms with Crippen LogP contribution in [-0.2, 0) is 16.1 Å². The number of hydrogen-bond acceptors (Lipinski definition) is 6. The molecule has 0 radical (unpaired) electrons. The molecule has 0 atom stereocenters. The number of benzene rings is 2. The van der Waals surface area contributed by atoms with Crippen molar-refractivity contribution in [3.63, 3.8) is 0 Å². The van der Waals surface area contributed by atoms with Gasteiger partial charge in [0.05, 0.1) is 0 Å². The number of ether oxygens (including phenoxy) is 2. The van der Waals surface area contributed by atoms with Gasteiger partial charge in [0.1, 0.15) is 17.2 Å². The van der Waals surface area contributed by atoms with Crippen LogP contribution in [0.15, 0.2) is 54.6 Å². The Morgan fingerprint density at radius 3 is 2.77 bits per heavy atom. The van der Waals surface area contributed by atoms with Gasteiger partial charge in [-0.05, 0) is 43.3 Å². The van der Waals surface area contributed by atoms with Crippen molar-refractivity contribution >= 4 is 34.8 Å². The van der Waals surface area contributed by atoms with Crippen LogP contribution >= 0.6 is 11.3 Å². The molecule has 0 saturated carbocycles. The minimum absolute atomic E-state index is 0.225. The van der Waals surface area contributed by atoms with Gasteiger partial charge in [0.15, 0.2) is 6.61 Å². The summed E-state index contributed by atoms with van der Waals surface area (Å²) in [5, 5.41) is 5.33. The van der Waals surface area contributed by atoms with Crippen molar-refractivity contribution in [1.29, 1.82) is 0 Å². The molecule has 1 aliphatic rings. The Bertz CT molecular complexity index is 1150. The highest BCUT2D eigenvalue weighted by Gasteiger charge is 2.23. The van der Waals surface area contributed by atoms with E-state index in [9.17, 15) is 14.4 Å². The summed E-state index contributed by atoms with van der Waals surface area (Å²) >= 11 is 1.32. The van der Waals surface area contributed by atoms with Gasteiger partial charge >= 0.3 is 5.97 Å². The van der Waals surface area contributed by atoms with Crippen LogP contribution in [0.3, 0.4) is 0 Å². The van der Waals surface area contributed by atoms with Gasteiger partial charge in [-0.2, -0.15) is 0 Å². The number of amides is 2. The van der Waals surface area contributed by atoms with E-state index < -0.39 is 18.5 Å². The summed E-state index contributed by atoms with van der Waals surface area (Å²) in [7, 11) is 0. The van der Waals surface area contributed by atoms with E-state index in [4.69, 9.17) is 9.47 Å². The monoisotopic (exact) mass is 436 g/mol. The van der Waals surface area contributed by atoms with E-state index in [0.717, 1.165) is 21.8 Å². The van der Waals surface area contributed by atoms with Crippen LogP contribution in [0.5, 0.6) is 5.75 Å². The van der Waals surface area contributed by atoms with Crippen molar-refractivity contribution in [2.75, 3.05) is 18.5 Å². The molecule has 0 fully saturated rings. The molecule has 1 aliphatic heterocycles. The van der Waals surface area contributed by atoms with Crippen LogP contribution in [0, 0.1) is 0 Å². The lowest BCUT2D eigenvalue weighted by Gasteiger charge is -2.16. The average molecular weight is 436 g/mol. The molecule has 1 aromatic heterocycles. The van der Waals surface area contributed by atoms with Crippen LogP contribution in [-0.4, -0.2) is 30.9 Å². The van der Waals surface area contributed by atoms with E-state index in [1.165, 1.54) is 11.3 Å². The fraction of sp³-hybridized carbons (Fsp3) is 0.174. The normalized spacial score (nSPS) is 11.5. The van der Waals surface area contributed by atoms with Gasteiger partial charge in [0, 0.05) is 33.8 Å². The number of carbonyl (C=O) groups is 3. The van der Waals surface area contributed by atoms with Crippen molar-refractivity contribution in [2.45, 2.75) is 13.5 Å². The van der Waals surface area contributed by atoms with Crippen molar-refractivity contribution in [1.82, 2.24) is 5.32 Å². The molecular weight excluding hydrogens is 416 g/mol. The number of nitrogens with one attached hydrogen (secondary N) is 2. The molecule has 158 valence electrons. The molecule has 7 nitrogen and oxygen atoms in total. The summed E-state index contributed by atoms with van der Waals surface area (Å²) < 4.78 is 10.9. The highest BCUT2D eigenvalue weighted by Crippen LogP contribution is 2.42. The molecule has 2 N–H and O–H groups in total. The fourth-order valence-electron chi connectivity index (χ4n) is 3.20. The molecule has 0 bridgehead atoms. The summed E-state index contributed by atoms with van der Waals surface area (Å²) in [6.45, 7) is 2.29. The van der Waals surface area contributed by atoms with Crippen molar-refractivity contribution in [3.05, 3.63) is 70.6 Å². The summed E-state index contributed by atoms with van der Waals surface area (Å²) in [5.74, 6) is -0.497. The van der Waals surface area contributed by atoms with Crippen molar-refractivity contribution < 1.29 is 23.9 Å². The van der Waals surface area contributed by atoms with Crippen LogP contribution in [0.1, 0.15) is 32.5 Å². The number of para-hydroxylation sites is 1. The zero-order valence-electron chi connectivity index (χ0n) is 16.8. The van der Waals surface area contributed by atoms with Gasteiger partial charge in [0.25, 0.3) is 11.8 Å². The smallest absolute Gasteiger partial charge is 0.348 e. The molecule has 2 heterocycles. The topological polar surface area (TPSA) is 93.7 Å². The Morgan fingerprint density at radius 2 is 1.94 bits per heavy atom. The minimum atomic E-state index is -0.567. The second kappa shape index (κ2) is 9.01. The Morgan fingerprint density at radius 1 is 1.10 bits per heavy atom. The Hall–Kier alpha value is -3.65. The SMILES string of the molecule is CCNC(=O)c1cccc(NC(=O)COC(=O)c2cc3c(s2)-c2ccccc2OC3)c1. The third-order valence-corrected chi connectivity index (χ3v) is 5.80. The van der Waals surface area contributed by atoms with Crippen LogP contribution in [0.25, 0.3) is 10.4 Å². The van der Waals surface area contributed by atoms with Gasteiger partial charge in [-0.15, -0.1) is 11.3 Å². The molecule has 8 heteroatoms. The molecule has 2 amide bonds. The lowest BCUT2D eigenvalue weighted by Crippen LogP contribution is -2.23. The largest absolute Gasteiger partial charge is 0.488 e. The Kier molecular flexibility index (Phi) is 5.99. The number of anilines is 1. The summed E-state index contributed by atoms with van der Waals surface area (Å²) in [5.41, 5.74) is 2.74. The maximum Gasteiger partial charge on any atom is 0.348 e. The molecule has 0 spiro atoms. The first-order valence-corrected chi connectivity index (χ1v) is 10.6. The maximum absolute atomic E-state index is 12.5. The van der Waals surface area contributed by atoms with Crippen molar-refractivity contribution in [2.24, 2.45) is 0 Å². The second-order valence-corrected chi connectivity index (χ2v) is 7.87. The van der Waals surface area contributed by atoms with E-state index in [0.29, 0.717) is 29.3 Å². The van der Waals surface area contributed by atoms with Crippen LogP contribution in [0.2, 0.25) is 0 Å². The molecule has 31 heavy (non-hydrogen) atoms. The van der Waals surface area contributed by atoms with E-state index in [-0.39, 0.29) is 5.91 Å². The standard InChI is InChI=1S/C23H20N2O5S/c1-2-24-22(27)14-6-5-7-16(10-14)25-20(26)13-30-23(28)19-11-15-12-29-18-9-4-3-8-17(18)21(15)31-19/h3-11H,2,12-13H2,1H3,(H,24,27)(H,25,26). The number of esters is 1. The molecule has 0 aliphatic carbocycles. The van der Waals surface area contributed by atoms with Crippen LogP contribution < -0.4 is 15.4 Å². The number of rotatable bonds is 6. The molecule has 0 saturated heterocycles. The first-order chi connectivity index (χ1) is 15.0. The number of thiophene rings is 1. The van der Waals surface area contributed by atoms with Crippen LogP contribution in [0.4, 0.5) is 5.69 Å². The number of carbonyl (C=O) groups excluding carboxylic acids is 3. The summed E-state index contributed by atoms with van der Waals surface area (Å²) in [4.78, 5) is 38.0. The number of fused-ring (bicyclic) bond motifs is 3. The zero-order valence-corrected chi connectivity index (χ0v) is 17.6. The minimum Gasteiger partial charge on any atom is -0.488 e. The molecule has 0 unspecified atom stereocenters. The Labute approximate surface area is 183 Å². The predicted molar refractivity (Wildman–Crippen MR) is 117 cm³/mol. The highest BCUT2D eigenvalue weighted by atomic mass is 32.1. The highest BCUT2D eigenvalue weighted by molar-refractivity contribution is 7.17. The van der Waals surface area contributed by atoms with Gasteiger partial charge in [0.2, 0.25) is 0 Å². The first-order valence-electron chi connectivity index (χ1n) is 9.75. The van der Waals surface area contributed by atoms with Gasteiger partial charge in [-0.1, -0.05) is 18.2 Å². The van der Waals surface area contributed by atoms with Crippen molar-refractivity contribution in [3.8, 4) is 16.2 Å². The Balaban J connectivity index is 1.37. The molecule has 3 aromatic rings.